The van der Waals surface area contributed by atoms with Crippen LogP contribution in [0.5, 0.6) is 0 Å². The van der Waals surface area contributed by atoms with Gasteiger partial charge in [0.05, 0.1) is 26.3 Å². The van der Waals surface area contributed by atoms with Crippen LogP contribution in [0.15, 0.2) is 30.3 Å². The molecule has 0 radical (unpaired) electrons. The number of hydrogen-bond acceptors (Lipinski definition) is 3. The van der Waals surface area contributed by atoms with Crippen molar-refractivity contribution < 1.29 is 31.2 Å². The molecule has 0 aliphatic rings. The Labute approximate surface area is 165 Å². The monoisotopic (exact) mass is 385 g/mol. The number of unbranched alkanes of at least 4 members (excludes halogenated alkanes) is 6. The molecular formula is C21H36ClNO3. The van der Waals surface area contributed by atoms with Crippen LogP contribution in [-0.2, 0) is 9.47 Å². The quantitative estimate of drug-likeness (QED) is 0.211. The first-order valence-electron chi connectivity index (χ1n) is 9.67. The topological polar surface area (TPSA) is 35.5 Å². The number of likely N-dealkylation sites (N-methyl/N-ethyl adjacent to an activating group) is 1. The van der Waals surface area contributed by atoms with Gasteiger partial charge in [-0.25, -0.2) is 4.79 Å². The molecule has 26 heavy (non-hydrogen) atoms. The molecule has 0 spiro atoms. The van der Waals surface area contributed by atoms with E-state index in [1.807, 2.05) is 18.2 Å². The van der Waals surface area contributed by atoms with Gasteiger partial charge in [-0.2, -0.15) is 0 Å². The number of carbonyl (C=O) groups is 1. The van der Waals surface area contributed by atoms with Crippen LogP contribution < -0.4 is 12.4 Å². The molecule has 0 unspecified atom stereocenters. The van der Waals surface area contributed by atoms with E-state index in [0.717, 1.165) is 19.6 Å². The highest BCUT2D eigenvalue weighted by molar-refractivity contribution is 5.89. The molecule has 1 aromatic carbocycles. The number of rotatable bonds is 14. The first-order chi connectivity index (χ1) is 12.0. The molecular weight excluding hydrogens is 350 g/mol. The van der Waals surface area contributed by atoms with Gasteiger partial charge in [0.1, 0.15) is 13.2 Å². The lowest BCUT2D eigenvalue weighted by molar-refractivity contribution is -0.909. The molecule has 0 amide bonds. The zero-order chi connectivity index (χ0) is 18.4. The standard InChI is InChI=1S/C21H36NO3.ClH/c1-4-5-6-7-8-9-13-17-24-19-22(2,3)16-18-25-21(23)20-14-11-10-12-15-20;/h10-12,14-15H,4-9,13,16-19H2,1-3H3;1H/q+1;/p-1. The van der Waals surface area contributed by atoms with Crippen LogP contribution in [0.1, 0.15) is 62.2 Å². The van der Waals surface area contributed by atoms with E-state index in [1.54, 1.807) is 12.1 Å². The van der Waals surface area contributed by atoms with Crippen LogP contribution in [-0.4, -0.2) is 51.0 Å². The fraction of sp³-hybridized carbons (Fsp3) is 0.667. The van der Waals surface area contributed by atoms with Crippen LogP contribution in [0, 0.1) is 0 Å². The summed E-state index contributed by atoms with van der Waals surface area (Å²) >= 11 is 0. The summed E-state index contributed by atoms with van der Waals surface area (Å²) in [6, 6.07) is 9.11. The lowest BCUT2D eigenvalue weighted by Gasteiger charge is -2.28. The Morgan fingerprint density at radius 2 is 1.54 bits per heavy atom. The van der Waals surface area contributed by atoms with Crippen molar-refractivity contribution in [1.82, 2.24) is 0 Å². The Balaban J connectivity index is 0.00000625. The minimum atomic E-state index is -0.260. The van der Waals surface area contributed by atoms with Gasteiger partial charge in [-0.3, -0.25) is 0 Å². The number of halogens is 1. The molecule has 0 aromatic heterocycles. The Hall–Kier alpha value is -1.10. The minimum absolute atomic E-state index is 0. The molecule has 0 aliphatic carbocycles. The van der Waals surface area contributed by atoms with E-state index in [0.29, 0.717) is 23.4 Å². The molecule has 0 N–H and O–H groups in total. The fourth-order valence-corrected chi connectivity index (χ4v) is 2.58. The van der Waals surface area contributed by atoms with Crippen LogP contribution >= 0.6 is 0 Å². The lowest BCUT2D eigenvalue weighted by Crippen LogP contribution is -3.00. The molecule has 0 saturated carbocycles. The minimum Gasteiger partial charge on any atom is -1.00 e. The van der Waals surface area contributed by atoms with Crippen molar-refractivity contribution in [3.63, 3.8) is 0 Å². The first kappa shape index (κ1) is 24.9. The van der Waals surface area contributed by atoms with E-state index in [9.17, 15) is 4.79 Å². The van der Waals surface area contributed by atoms with Crippen LogP contribution in [0.25, 0.3) is 0 Å². The molecule has 150 valence electrons. The van der Waals surface area contributed by atoms with Gasteiger partial charge in [0.25, 0.3) is 0 Å². The van der Waals surface area contributed by atoms with E-state index in [4.69, 9.17) is 9.47 Å². The maximum Gasteiger partial charge on any atom is 0.338 e. The van der Waals surface area contributed by atoms with Crippen LogP contribution in [0.3, 0.4) is 0 Å². The second-order valence-corrected chi connectivity index (χ2v) is 7.32. The van der Waals surface area contributed by atoms with Crippen molar-refractivity contribution >= 4 is 5.97 Å². The van der Waals surface area contributed by atoms with Gasteiger partial charge in [-0.15, -0.1) is 0 Å². The number of carbonyl (C=O) groups excluding carboxylic acids is 1. The van der Waals surface area contributed by atoms with Crippen molar-refractivity contribution in [3.8, 4) is 0 Å². The van der Waals surface area contributed by atoms with E-state index in [1.165, 1.54) is 38.5 Å². The highest BCUT2D eigenvalue weighted by atomic mass is 35.5. The number of benzene rings is 1. The van der Waals surface area contributed by atoms with Gasteiger partial charge < -0.3 is 26.4 Å². The van der Waals surface area contributed by atoms with E-state index < -0.39 is 0 Å². The van der Waals surface area contributed by atoms with E-state index >= 15 is 0 Å². The SMILES string of the molecule is CCCCCCCCCOC[N+](C)(C)CCOC(=O)c1ccccc1.[Cl-]. The molecule has 1 rings (SSSR count). The second-order valence-electron chi connectivity index (χ2n) is 7.32. The van der Waals surface area contributed by atoms with Gasteiger partial charge >= 0.3 is 5.97 Å². The van der Waals surface area contributed by atoms with Crippen molar-refractivity contribution in [2.24, 2.45) is 0 Å². The lowest BCUT2D eigenvalue weighted by atomic mass is 10.1. The number of hydrogen-bond donors (Lipinski definition) is 0. The third-order valence-electron chi connectivity index (χ3n) is 4.27. The van der Waals surface area contributed by atoms with Crippen molar-refractivity contribution in [1.29, 1.82) is 0 Å². The highest BCUT2D eigenvalue weighted by Gasteiger charge is 2.16. The summed E-state index contributed by atoms with van der Waals surface area (Å²) < 4.78 is 11.8. The van der Waals surface area contributed by atoms with E-state index in [-0.39, 0.29) is 18.4 Å². The number of ether oxygens (including phenoxy) is 2. The zero-order valence-electron chi connectivity index (χ0n) is 16.7. The number of quaternary nitrogens is 1. The fourth-order valence-electron chi connectivity index (χ4n) is 2.58. The van der Waals surface area contributed by atoms with Crippen LogP contribution in [0.4, 0.5) is 0 Å². The maximum atomic E-state index is 11.9. The second kappa shape index (κ2) is 15.0. The molecule has 0 atom stereocenters. The maximum absolute atomic E-state index is 11.9. The molecule has 0 fully saturated rings. The molecule has 5 heteroatoms. The van der Waals surface area contributed by atoms with Gasteiger partial charge in [-0.05, 0) is 18.6 Å². The number of esters is 1. The summed E-state index contributed by atoms with van der Waals surface area (Å²) in [7, 11) is 4.20. The highest BCUT2D eigenvalue weighted by Crippen LogP contribution is 2.07. The Kier molecular flexibility index (Phi) is 14.4. The average Bonchev–Trinajstić information content (AvgIpc) is 2.61. The van der Waals surface area contributed by atoms with Gasteiger partial charge in [0, 0.05) is 0 Å². The molecule has 0 heterocycles. The predicted molar refractivity (Wildman–Crippen MR) is 103 cm³/mol. The molecule has 0 aliphatic heterocycles. The Morgan fingerprint density at radius 1 is 0.923 bits per heavy atom. The summed E-state index contributed by atoms with van der Waals surface area (Å²) in [5.74, 6) is -0.260. The smallest absolute Gasteiger partial charge is 0.338 e. The third kappa shape index (κ3) is 12.3. The third-order valence-corrected chi connectivity index (χ3v) is 4.27. The van der Waals surface area contributed by atoms with Gasteiger partial charge in [-0.1, -0.05) is 63.6 Å². The Morgan fingerprint density at radius 3 is 2.19 bits per heavy atom. The Bertz CT molecular complexity index is 466. The number of nitrogens with zero attached hydrogens (tertiary/aromatic N) is 1. The summed E-state index contributed by atoms with van der Waals surface area (Å²) in [5.41, 5.74) is 0.600. The summed E-state index contributed by atoms with van der Waals surface area (Å²) in [5, 5.41) is 0. The molecule has 1 aromatic rings. The van der Waals surface area contributed by atoms with Gasteiger partial charge in [0.2, 0.25) is 0 Å². The van der Waals surface area contributed by atoms with E-state index in [2.05, 4.69) is 21.0 Å². The molecule has 0 saturated heterocycles. The van der Waals surface area contributed by atoms with Crippen molar-refractivity contribution in [3.05, 3.63) is 35.9 Å². The molecule has 0 bridgehead atoms. The summed E-state index contributed by atoms with van der Waals surface area (Å²) in [6.07, 6.45) is 9.08. The first-order valence-corrected chi connectivity index (χ1v) is 9.67. The average molecular weight is 386 g/mol. The summed E-state index contributed by atoms with van der Waals surface area (Å²) in [6.45, 7) is 4.87. The van der Waals surface area contributed by atoms with Gasteiger partial charge in [0.15, 0.2) is 6.73 Å². The molecule has 4 nitrogen and oxygen atoms in total. The van der Waals surface area contributed by atoms with Crippen molar-refractivity contribution in [2.75, 3.05) is 40.6 Å². The largest absolute Gasteiger partial charge is 1.00 e. The van der Waals surface area contributed by atoms with Crippen molar-refractivity contribution in [2.45, 2.75) is 51.9 Å². The predicted octanol–water partition coefficient (Wildman–Crippen LogP) is 1.65. The van der Waals surface area contributed by atoms with Crippen LogP contribution in [0.2, 0.25) is 0 Å². The zero-order valence-corrected chi connectivity index (χ0v) is 17.5. The normalized spacial score (nSPS) is 11.0. The summed E-state index contributed by atoms with van der Waals surface area (Å²) in [4.78, 5) is 11.9.